The maximum absolute atomic E-state index is 10.6. The molecule has 0 aromatic heterocycles. The number of hydrogen-bond donors (Lipinski definition) is 1. The van der Waals surface area contributed by atoms with E-state index in [1.165, 1.54) is 0 Å². The average Bonchev–Trinajstić information content (AvgIpc) is 2.17. The van der Waals surface area contributed by atoms with Gasteiger partial charge < -0.3 is 15.2 Å². The van der Waals surface area contributed by atoms with Crippen molar-refractivity contribution in [2.75, 3.05) is 11.9 Å². The van der Waals surface area contributed by atoms with E-state index in [1.54, 1.807) is 18.2 Å². The van der Waals surface area contributed by atoms with E-state index in [4.69, 9.17) is 0 Å². The second kappa shape index (κ2) is 4.82. The van der Waals surface area contributed by atoms with Crippen molar-refractivity contribution in [3.63, 3.8) is 0 Å². The van der Waals surface area contributed by atoms with Gasteiger partial charge in [0.2, 0.25) is 0 Å². The van der Waals surface area contributed by atoms with E-state index in [2.05, 4.69) is 5.32 Å². The third-order valence-electron chi connectivity index (χ3n) is 2.28. The van der Waals surface area contributed by atoms with Crippen molar-refractivity contribution in [2.45, 2.75) is 12.8 Å². The minimum Gasteiger partial charge on any atom is -0.545 e. The number of carbonyl (C=O) groups is 1. The fraction of sp³-hybridized carbons (Fsp3) is 0.300. The van der Waals surface area contributed by atoms with Gasteiger partial charge in [0, 0.05) is 12.2 Å². The third-order valence-corrected chi connectivity index (χ3v) is 2.28. The summed E-state index contributed by atoms with van der Waals surface area (Å²) in [5.74, 6) is -1.10. The van der Waals surface area contributed by atoms with E-state index in [-0.39, 0.29) is 35.1 Å². The first kappa shape index (κ1) is 11.6. The van der Waals surface area contributed by atoms with Gasteiger partial charge in [0.25, 0.3) is 0 Å². The molecule has 0 radical (unpaired) electrons. The Morgan fingerprint density at radius 1 is 1.43 bits per heavy atom. The van der Waals surface area contributed by atoms with Crippen molar-refractivity contribution in [2.24, 2.45) is 0 Å². The number of carboxylic acids is 1. The first-order valence-electron chi connectivity index (χ1n) is 4.35. The monoisotopic (exact) mass is 199 g/mol. The van der Waals surface area contributed by atoms with E-state index >= 15 is 0 Å². The summed E-state index contributed by atoms with van der Waals surface area (Å²) in [6.45, 7) is 0.970. The maximum atomic E-state index is 10.6. The number of benzene rings is 1. The number of carboxylic acid groups (broad SMARTS) is 1. The van der Waals surface area contributed by atoms with Crippen molar-refractivity contribution >= 4 is 11.7 Å². The quantitative estimate of drug-likeness (QED) is 0.505. The van der Waals surface area contributed by atoms with Crippen LogP contribution in [0.25, 0.3) is 0 Å². The fourth-order valence-electron chi connectivity index (χ4n) is 1.60. The average molecular weight is 199 g/mol. The first-order valence-corrected chi connectivity index (χ1v) is 4.35. The minimum absolute atomic E-state index is 0. The summed E-state index contributed by atoms with van der Waals surface area (Å²) in [6.07, 6.45) is 2.01. The van der Waals surface area contributed by atoms with Gasteiger partial charge in [0.1, 0.15) is 0 Å². The van der Waals surface area contributed by atoms with Gasteiger partial charge in [-0.15, -0.1) is 0 Å². The molecular weight excluding hydrogens is 189 g/mol. The normalized spacial score (nSPS) is 13.4. The second-order valence-corrected chi connectivity index (χ2v) is 3.19. The number of nitrogens with one attached hydrogen (secondary N) is 1. The van der Waals surface area contributed by atoms with Crippen LogP contribution in [0.5, 0.6) is 0 Å². The number of aromatic carboxylic acids is 1. The Balaban J connectivity index is 0.000000980. The van der Waals surface area contributed by atoms with Crippen molar-refractivity contribution in [3.05, 3.63) is 29.3 Å². The van der Waals surface area contributed by atoms with Gasteiger partial charge in [-0.3, -0.25) is 0 Å². The summed E-state index contributed by atoms with van der Waals surface area (Å²) < 4.78 is 0. The first-order chi connectivity index (χ1) is 6.27. The van der Waals surface area contributed by atoms with Crippen LogP contribution in [-0.4, -0.2) is 12.5 Å². The Morgan fingerprint density at radius 3 is 2.93 bits per heavy atom. The van der Waals surface area contributed by atoms with Crippen molar-refractivity contribution in [1.29, 1.82) is 0 Å². The molecule has 0 aliphatic carbocycles. The van der Waals surface area contributed by atoms with Crippen LogP contribution >= 0.6 is 0 Å². The Hall–Kier alpha value is -0.510. The van der Waals surface area contributed by atoms with E-state index < -0.39 is 5.97 Å². The van der Waals surface area contributed by atoms with Gasteiger partial charge in [-0.05, 0) is 36.1 Å². The van der Waals surface area contributed by atoms with Crippen LogP contribution < -0.4 is 40.0 Å². The zero-order valence-electron chi connectivity index (χ0n) is 8.17. The van der Waals surface area contributed by atoms with Gasteiger partial charge in [-0.1, -0.05) is 6.07 Å². The van der Waals surface area contributed by atoms with Gasteiger partial charge in [0.15, 0.2) is 0 Å². The van der Waals surface area contributed by atoms with Crippen LogP contribution in [0.3, 0.4) is 0 Å². The van der Waals surface area contributed by atoms with E-state index in [9.17, 15) is 9.90 Å². The standard InChI is InChI=1S/C10H11NO2.Na/c12-10(13)8-3-4-9-7(6-8)2-1-5-11-9;/h3-4,6,11H,1-2,5H2,(H,12,13);/q;+1/p-1. The van der Waals surface area contributed by atoms with Crippen molar-refractivity contribution in [1.82, 2.24) is 0 Å². The van der Waals surface area contributed by atoms with Crippen LogP contribution in [-0.2, 0) is 6.42 Å². The van der Waals surface area contributed by atoms with E-state index in [0.29, 0.717) is 0 Å². The predicted octanol–water partition coefficient (Wildman–Crippen LogP) is -2.59. The number of aryl methyl sites for hydroxylation is 1. The predicted molar refractivity (Wildman–Crippen MR) is 47.6 cm³/mol. The molecule has 1 heterocycles. The number of hydrogen-bond acceptors (Lipinski definition) is 3. The molecule has 0 bridgehead atoms. The van der Waals surface area contributed by atoms with Gasteiger partial charge in [-0.2, -0.15) is 0 Å². The van der Waals surface area contributed by atoms with Crippen molar-refractivity contribution in [3.8, 4) is 0 Å². The Bertz CT molecular complexity index is 352. The topological polar surface area (TPSA) is 52.2 Å². The molecule has 3 nitrogen and oxygen atoms in total. The minimum atomic E-state index is -1.10. The maximum Gasteiger partial charge on any atom is 1.00 e. The molecular formula is C10H10NNaO2. The van der Waals surface area contributed by atoms with Crippen LogP contribution in [0, 0.1) is 0 Å². The Kier molecular flexibility index (Phi) is 3.98. The number of rotatable bonds is 1. The molecule has 1 aromatic carbocycles. The molecule has 14 heavy (non-hydrogen) atoms. The zero-order valence-corrected chi connectivity index (χ0v) is 10.2. The summed E-state index contributed by atoms with van der Waals surface area (Å²) in [4.78, 5) is 10.6. The zero-order chi connectivity index (χ0) is 9.26. The van der Waals surface area contributed by atoms with Crippen molar-refractivity contribution < 1.29 is 39.5 Å². The fourth-order valence-corrected chi connectivity index (χ4v) is 1.60. The molecule has 1 N–H and O–H groups in total. The molecule has 0 saturated carbocycles. The largest absolute Gasteiger partial charge is 1.00 e. The molecule has 0 atom stereocenters. The van der Waals surface area contributed by atoms with Crippen LogP contribution in [0.4, 0.5) is 5.69 Å². The second-order valence-electron chi connectivity index (χ2n) is 3.19. The summed E-state index contributed by atoms with van der Waals surface area (Å²) in [5, 5.41) is 13.8. The van der Waals surface area contributed by atoms with E-state index in [0.717, 1.165) is 30.6 Å². The van der Waals surface area contributed by atoms with Gasteiger partial charge in [0.05, 0.1) is 5.97 Å². The summed E-state index contributed by atoms with van der Waals surface area (Å²) >= 11 is 0. The molecule has 1 aliphatic rings. The molecule has 1 aliphatic heterocycles. The molecule has 68 valence electrons. The number of fused-ring (bicyclic) bond motifs is 1. The summed E-state index contributed by atoms with van der Waals surface area (Å²) in [7, 11) is 0. The molecule has 0 spiro atoms. The molecule has 0 amide bonds. The Labute approximate surface area is 105 Å². The molecule has 2 rings (SSSR count). The summed E-state index contributed by atoms with van der Waals surface area (Å²) in [5.41, 5.74) is 2.40. The van der Waals surface area contributed by atoms with Crippen LogP contribution in [0.2, 0.25) is 0 Å². The van der Waals surface area contributed by atoms with Crippen LogP contribution in [0.15, 0.2) is 18.2 Å². The Morgan fingerprint density at radius 2 is 2.21 bits per heavy atom. The van der Waals surface area contributed by atoms with Crippen LogP contribution in [0.1, 0.15) is 22.3 Å². The smallest absolute Gasteiger partial charge is 0.545 e. The SMILES string of the molecule is O=C([O-])c1ccc2c(c1)CCCN2.[Na+]. The van der Waals surface area contributed by atoms with Gasteiger partial charge in [-0.25, -0.2) is 0 Å². The van der Waals surface area contributed by atoms with Gasteiger partial charge >= 0.3 is 29.6 Å². The summed E-state index contributed by atoms with van der Waals surface area (Å²) in [6, 6.07) is 5.07. The molecule has 0 fully saturated rings. The number of carbonyl (C=O) groups excluding carboxylic acids is 1. The molecule has 0 unspecified atom stereocenters. The molecule has 0 saturated heterocycles. The van der Waals surface area contributed by atoms with E-state index in [1.807, 2.05) is 0 Å². The third kappa shape index (κ3) is 2.29. The number of anilines is 1. The molecule has 1 aromatic rings. The molecule has 4 heteroatoms.